The average Bonchev–Trinajstić information content (AvgIpc) is 3.17. The molecule has 3 aromatic rings. The summed E-state index contributed by atoms with van der Waals surface area (Å²) in [6, 6.07) is 14.1. The molecule has 0 spiro atoms. The lowest BCUT2D eigenvalue weighted by atomic mass is 10.1. The van der Waals surface area contributed by atoms with Gasteiger partial charge < -0.3 is 4.90 Å². The molecule has 30 heavy (non-hydrogen) atoms. The van der Waals surface area contributed by atoms with Crippen LogP contribution in [0.25, 0.3) is 10.6 Å². The van der Waals surface area contributed by atoms with Gasteiger partial charge in [0, 0.05) is 30.1 Å². The van der Waals surface area contributed by atoms with Crippen LogP contribution in [-0.4, -0.2) is 37.0 Å². The number of nitrogens with zero attached hydrogens (tertiary/aromatic N) is 2. The largest absolute Gasteiger partial charge is 0.340 e. The number of amides is 1. The van der Waals surface area contributed by atoms with Gasteiger partial charge in [0.2, 0.25) is 5.91 Å². The normalized spacial score (nSPS) is 11.4. The molecule has 3 rings (SSSR count). The molecule has 1 amide bonds. The van der Waals surface area contributed by atoms with Gasteiger partial charge in [-0.1, -0.05) is 49.4 Å². The topological polar surface area (TPSA) is 67.3 Å². The summed E-state index contributed by atoms with van der Waals surface area (Å²) in [5.74, 6) is -1.96. The molecule has 1 heterocycles. The van der Waals surface area contributed by atoms with Crippen LogP contribution >= 0.6 is 11.3 Å². The van der Waals surface area contributed by atoms with Gasteiger partial charge in [-0.05, 0) is 18.1 Å². The third kappa shape index (κ3) is 5.73. The van der Waals surface area contributed by atoms with E-state index in [1.165, 1.54) is 34.9 Å². The quantitative estimate of drug-likeness (QED) is 0.523. The van der Waals surface area contributed by atoms with Crippen molar-refractivity contribution in [3.05, 3.63) is 76.5 Å². The van der Waals surface area contributed by atoms with Gasteiger partial charge in [0.05, 0.1) is 11.4 Å². The lowest BCUT2D eigenvalue weighted by Gasteiger charge is -2.17. The lowest BCUT2D eigenvalue weighted by molar-refractivity contribution is -0.127. The highest BCUT2D eigenvalue weighted by molar-refractivity contribution is 7.91. The molecule has 158 valence electrons. The van der Waals surface area contributed by atoms with Crippen molar-refractivity contribution >= 4 is 27.1 Å². The van der Waals surface area contributed by atoms with Crippen LogP contribution in [0.3, 0.4) is 0 Å². The van der Waals surface area contributed by atoms with Crippen LogP contribution in [0.1, 0.15) is 23.7 Å². The van der Waals surface area contributed by atoms with Crippen molar-refractivity contribution < 1.29 is 17.6 Å². The highest BCUT2D eigenvalue weighted by Gasteiger charge is 2.22. The van der Waals surface area contributed by atoms with Gasteiger partial charge in [-0.25, -0.2) is 17.8 Å². The molecule has 0 aliphatic rings. The van der Waals surface area contributed by atoms with E-state index in [9.17, 15) is 17.6 Å². The minimum absolute atomic E-state index is 0.00955. The van der Waals surface area contributed by atoms with Crippen molar-refractivity contribution in [3.63, 3.8) is 0 Å². The van der Waals surface area contributed by atoms with Crippen molar-refractivity contribution in [1.29, 1.82) is 0 Å². The number of aromatic nitrogens is 1. The first-order valence-electron chi connectivity index (χ1n) is 9.49. The van der Waals surface area contributed by atoms with Crippen LogP contribution in [0.15, 0.2) is 53.9 Å². The Hall–Kier alpha value is -2.58. The van der Waals surface area contributed by atoms with Crippen LogP contribution in [-0.2, 0) is 33.4 Å². The lowest BCUT2D eigenvalue weighted by Crippen LogP contribution is -2.32. The molecular weight excluding hydrogens is 423 g/mol. The number of rotatable bonds is 8. The van der Waals surface area contributed by atoms with Gasteiger partial charge in [0.15, 0.2) is 9.84 Å². The van der Waals surface area contributed by atoms with Crippen LogP contribution < -0.4 is 0 Å². The number of aryl methyl sites for hydroxylation is 1. The molecule has 0 unspecified atom stereocenters. The van der Waals surface area contributed by atoms with E-state index in [4.69, 9.17) is 0 Å². The van der Waals surface area contributed by atoms with Crippen molar-refractivity contribution in [3.8, 4) is 10.6 Å². The van der Waals surface area contributed by atoms with E-state index in [0.29, 0.717) is 11.3 Å². The van der Waals surface area contributed by atoms with Crippen LogP contribution in [0.2, 0.25) is 0 Å². The number of hydrogen-bond acceptors (Lipinski definition) is 5. The monoisotopic (exact) mass is 446 g/mol. The summed E-state index contributed by atoms with van der Waals surface area (Å²) >= 11 is 1.37. The summed E-state index contributed by atoms with van der Waals surface area (Å²) in [4.78, 5) is 18.0. The predicted molar refractivity (Wildman–Crippen MR) is 117 cm³/mol. The molecule has 1 aromatic heterocycles. The molecule has 8 heteroatoms. The van der Waals surface area contributed by atoms with E-state index in [0.717, 1.165) is 17.0 Å². The van der Waals surface area contributed by atoms with Gasteiger partial charge in [0.25, 0.3) is 0 Å². The van der Waals surface area contributed by atoms with Gasteiger partial charge in [-0.2, -0.15) is 0 Å². The number of benzene rings is 2. The number of sulfone groups is 1. The van der Waals surface area contributed by atoms with Crippen molar-refractivity contribution in [2.75, 3.05) is 12.8 Å². The predicted octanol–water partition coefficient (Wildman–Crippen LogP) is 4.09. The van der Waals surface area contributed by atoms with Crippen LogP contribution in [0, 0.1) is 5.82 Å². The first-order chi connectivity index (χ1) is 14.3. The summed E-state index contributed by atoms with van der Waals surface area (Å²) in [5, 5.41) is 2.44. The number of thiazole rings is 1. The molecule has 0 saturated heterocycles. The highest BCUT2D eigenvalue weighted by atomic mass is 32.2. The molecule has 0 atom stereocenters. The minimum atomic E-state index is -3.70. The maximum atomic E-state index is 13.8. The Morgan fingerprint density at radius 1 is 1.13 bits per heavy atom. The Morgan fingerprint density at radius 2 is 1.83 bits per heavy atom. The molecule has 0 radical (unpaired) electrons. The maximum Gasteiger partial charge on any atom is 0.237 e. The van der Waals surface area contributed by atoms with Crippen molar-refractivity contribution in [2.45, 2.75) is 25.6 Å². The minimum Gasteiger partial charge on any atom is -0.340 e. The molecule has 0 N–H and O–H groups in total. The van der Waals surface area contributed by atoms with E-state index in [-0.39, 0.29) is 12.3 Å². The van der Waals surface area contributed by atoms with E-state index in [1.54, 1.807) is 23.6 Å². The SMILES string of the molecule is CCc1ccc(-c2nc(CS(=O)(=O)CC(=O)N(C)Cc3ccccc3F)cs2)cc1. The van der Waals surface area contributed by atoms with E-state index < -0.39 is 27.3 Å². The van der Waals surface area contributed by atoms with Gasteiger partial charge in [-0.15, -0.1) is 11.3 Å². The summed E-state index contributed by atoms with van der Waals surface area (Å²) in [6.45, 7) is 2.09. The first kappa shape index (κ1) is 22.1. The van der Waals surface area contributed by atoms with Crippen molar-refractivity contribution in [1.82, 2.24) is 9.88 Å². The van der Waals surface area contributed by atoms with E-state index in [2.05, 4.69) is 11.9 Å². The molecule has 0 fully saturated rings. The Bertz CT molecular complexity index is 1130. The zero-order valence-corrected chi connectivity index (χ0v) is 18.5. The zero-order valence-electron chi connectivity index (χ0n) is 16.8. The van der Waals surface area contributed by atoms with Gasteiger partial charge in [-0.3, -0.25) is 4.79 Å². The van der Waals surface area contributed by atoms with Gasteiger partial charge >= 0.3 is 0 Å². The molecule has 0 aliphatic heterocycles. The second-order valence-electron chi connectivity index (χ2n) is 7.07. The second-order valence-corrected chi connectivity index (χ2v) is 9.99. The Labute approximate surface area is 180 Å². The maximum absolute atomic E-state index is 13.8. The summed E-state index contributed by atoms with van der Waals surface area (Å²) in [7, 11) is -2.24. The van der Waals surface area contributed by atoms with Crippen molar-refractivity contribution in [2.24, 2.45) is 0 Å². The number of hydrogen-bond donors (Lipinski definition) is 0. The van der Waals surface area contributed by atoms with E-state index in [1.807, 2.05) is 24.3 Å². The standard InChI is InChI=1S/C22H23FN2O3S2/c1-3-16-8-10-17(11-9-16)22-24-19(13-29-22)14-30(27,28)15-21(26)25(2)12-18-6-4-5-7-20(18)23/h4-11,13H,3,12,14-15H2,1-2H3. The molecule has 0 saturated carbocycles. The number of carbonyl (C=O) groups excluding carboxylic acids is 1. The first-order valence-corrected chi connectivity index (χ1v) is 12.2. The Morgan fingerprint density at radius 3 is 2.50 bits per heavy atom. The smallest absolute Gasteiger partial charge is 0.237 e. The fourth-order valence-electron chi connectivity index (χ4n) is 2.93. The summed E-state index contributed by atoms with van der Waals surface area (Å²) in [5.41, 5.74) is 2.90. The van der Waals surface area contributed by atoms with Crippen LogP contribution in [0.5, 0.6) is 0 Å². The third-order valence-electron chi connectivity index (χ3n) is 4.66. The summed E-state index contributed by atoms with van der Waals surface area (Å²) < 4.78 is 38.8. The molecule has 0 aliphatic carbocycles. The number of halogens is 1. The second kappa shape index (κ2) is 9.49. The highest BCUT2D eigenvalue weighted by Crippen LogP contribution is 2.25. The number of carbonyl (C=O) groups is 1. The Balaban J connectivity index is 1.62. The molecule has 5 nitrogen and oxygen atoms in total. The summed E-state index contributed by atoms with van der Waals surface area (Å²) in [6.07, 6.45) is 0.945. The molecular formula is C22H23FN2O3S2. The fourth-order valence-corrected chi connectivity index (χ4v) is 5.16. The van der Waals surface area contributed by atoms with Crippen LogP contribution in [0.4, 0.5) is 4.39 Å². The average molecular weight is 447 g/mol. The third-order valence-corrected chi connectivity index (χ3v) is 7.03. The zero-order chi connectivity index (χ0) is 21.7. The van der Waals surface area contributed by atoms with E-state index >= 15 is 0 Å². The Kier molecular flexibility index (Phi) is 6.99. The molecule has 2 aromatic carbocycles. The van der Waals surface area contributed by atoms with Gasteiger partial charge in [0.1, 0.15) is 16.6 Å². The fraction of sp³-hybridized carbons (Fsp3) is 0.273. The molecule has 0 bridgehead atoms.